The number of piperazine rings is 1. The first-order chi connectivity index (χ1) is 24.5. The zero-order valence-corrected chi connectivity index (χ0v) is 30.3. The van der Waals surface area contributed by atoms with E-state index in [1.165, 1.54) is 12.1 Å². The molecule has 11 nitrogen and oxygen atoms in total. The third-order valence-corrected chi connectivity index (χ3v) is 12.3. The minimum atomic E-state index is -1.21. The molecule has 4 atom stereocenters. The molecule has 2 N–H and O–H groups in total. The van der Waals surface area contributed by atoms with Crippen molar-refractivity contribution in [1.29, 1.82) is 0 Å². The van der Waals surface area contributed by atoms with Gasteiger partial charge in [-0.15, -0.1) is 0 Å². The van der Waals surface area contributed by atoms with Crippen molar-refractivity contribution < 1.29 is 27.9 Å². The number of benzene rings is 1. The van der Waals surface area contributed by atoms with E-state index in [9.17, 15) is 14.0 Å². The number of ether oxygens (including phenoxy) is 1. The second-order valence-corrected chi connectivity index (χ2v) is 16.2. The van der Waals surface area contributed by atoms with Gasteiger partial charge in [0.15, 0.2) is 0 Å². The molecule has 278 valence electrons. The Kier molecular flexibility index (Phi) is 10.3. The van der Waals surface area contributed by atoms with Crippen LogP contribution in [0, 0.1) is 22.5 Å². The van der Waals surface area contributed by atoms with Crippen molar-refractivity contribution in [2.24, 2.45) is 15.9 Å². The summed E-state index contributed by atoms with van der Waals surface area (Å²) in [4.78, 5) is 52.1. The number of likely N-dealkylation sites (N-methyl/N-ethyl adjacent to an activating group) is 1. The second kappa shape index (κ2) is 14.5. The lowest BCUT2D eigenvalue weighted by atomic mass is 9.75. The normalized spacial score (nSPS) is 30.2. The number of hydrogen-bond donors (Lipinski definition) is 2. The first kappa shape index (κ1) is 36.0. The molecule has 6 aliphatic rings. The Morgan fingerprint density at radius 3 is 2.45 bits per heavy atom. The fourth-order valence-corrected chi connectivity index (χ4v) is 9.16. The van der Waals surface area contributed by atoms with E-state index in [4.69, 9.17) is 4.74 Å². The molecule has 51 heavy (non-hydrogen) atoms. The van der Waals surface area contributed by atoms with Gasteiger partial charge in [-0.25, -0.2) is 8.78 Å². The Balaban J connectivity index is 1.25. The molecular formula is C38H53F2N7O4. The standard InChI is InChI=1S/C38H53F2N7O4/c1-37(2)11-8-26(9-12-37)47(35(49)32-5-4-20-51-32)27-22-31(34(48)45-18-16-44(3)17-19-45)46(23-27)36(50)38(13-15-41-24-38)33-29(10-14-42-43-33)28-7-6-25(39)21-30(28)40/h6-7,10,21,26-27,31-32,41-42H,4-5,8-9,11-20,22-24H2,1-3H3/t27-,31-,32-,38?/m0/s1. The van der Waals surface area contributed by atoms with Crippen molar-refractivity contribution >= 4 is 29.0 Å². The highest BCUT2D eigenvalue weighted by molar-refractivity contribution is 6.33. The number of nitrogens with one attached hydrogen (secondary N) is 2. The molecular weight excluding hydrogens is 656 g/mol. The Hall–Kier alpha value is -3.42. The summed E-state index contributed by atoms with van der Waals surface area (Å²) in [5.74, 6) is -1.80. The minimum absolute atomic E-state index is 0.000760. The number of hydrogen-bond acceptors (Lipinski definition) is 8. The first-order valence-corrected chi connectivity index (χ1v) is 18.9. The van der Waals surface area contributed by atoms with Crippen LogP contribution < -0.4 is 10.7 Å². The molecule has 1 aliphatic carbocycles. The van der Waals surface area contributed by atoms with Crippen LogP contribution in [-0.2, 0) is 19.1 Å². The van der Waals surface area contributed by atoms with E-state index >= 15 is 9.18 Å². The van der Waals surface area contributed by atoms with Crippen molar-refractivity contribution in [3.05, 3.63) is 41.5 Å². The van der Waals surface area contributed by atoms with Gasteiger partial charge < -0.3 is 35.1 Å². The van der Waals surface area contributed by atoms with Crippen LogP contribution in [0.2, 0.25) is 0 Å². The number of amides is 3. The van der Waals surface area contributed by atoms with Gasteiger partial charge in [-0.1, -0.05) is 19.9 Å². The van der Waals surface area contributed by atoms with Gasteiger partial charge in [0.05, 0.1) is 18.3 Å². The number of hydrazone groups is 1. The van der Waals surface area contributed by atoms with Crippen LogP contribution in [0.15, 0.2) is 29.4 Å². The van der Waals surface area contributed by atoms with E-state index in [2.05, 4.69) is 34.6 Å². The number of carbonyl (C=O) groups is 3. The van der Waals surface area contributed by atoms with Crippen LogP contribution in [0.4, 0.5) is 8.78 Å². The van der Waals surface area contributed by atoms with Crippen molar-refractivity contribution in [2.75, 3.05) is 66.0 Å². The largest absolute Gasteiger partial charge is 0.368 e. The van der Waals surface area contributed by atoms with Crippen LogP contribution in [0.25, 0.3) is 5.57 Å². The van der Waals surface area contributed by atoms with Gasteiger partial charge in [0, 0.05) is 69.1 Å². The predicted molar refractivity (Wildman–Crippen MR) is 190 cm³/mol. The van der Waals surface area contributed by atoms with Gasteiger partial charge in [0.1, 0.15) is 29.2 Å². The molecule has 5 aliphatic heterocycles. The van der Waals surface area contributed by atoms with Gasteiger partial charge >= 0.3 is 0 Å². The van der Waals surface area contributed by atoms with Crippen molar-refractivity contribution in [2.45, 2.75) is 89.4 Å². The molecule has 5 heterocycles. The smallest absolute Gasteiger partial charge is 0.252 e. The number of likely N-dealkylation sites (tertiary alicyclic amines) is 1. The average Bonchev–Trinajstić information content (AvgIpc) is 3.92. The Bertz CT molecular complexity index is 1550. The molecule has 3 amide bonds. The maximum absolute atomic E-state index is 15.4. The van der Waals surface area contributed by atoms with Gasteiger partial charge in [-0.2, -0.15) is 5.10 Å². The first-order valence-electron chi connectivity index (χ1n) is 18.9. The van der Waals surface area contributed by atoms with E-state index < -0.39 is 29.2 Å². The van der Waals surface area contributed by atoms with Gasteiger partial charge in [0.2, 0.25) is 11.8 Å². The molecule has 1 aromatic rings. The Labute approximate surface area is 299 Å². The summed E-state index contributed by atoms with van der Waals surface area (Å²) in [5, 5.41) is 8.01. The highest BCUT2D eigenvalue weighted by atomic mass is 19.1. The summed E-state index contributed by atoms with van der Waals surface area (Å²) in [5.41, 5.74) is 2.97. The summed E-state index contributed by atoms with van der Waals surface area (Å²) in [7, 11) is 2.04. The maximum atomic E-state index is 15.4. The van der Waals surface area contributed by atoms with Crippen LogP contribution in [0.1, 0.15) is 70.8 Å². The van der Waals surface area contributed by atoms with E-state index in [1.54, 1.807) is 11.0 Å². The van der Waals surface area contributed by atoms with Crippen LogP contribution in [0.5, 0.6) is 0 Å². The second-order valence-electron chi connectivity index (χ2n) is 16.2. The molecule has 7 rings (SSSR count). The topological polar surface area (TPSA) is 110 Å². The molecule has 13 heteroatoms. The van der Waals surface area contributed by atoms with Crippen molar-refractivity contribution in [1.82, 2.24) is 30.3 Å². The lowest BCUT2D eigenvalue weighted by Crippen LogP contribution is -2.58. The summed E-state index contributed by atoms with van der Waals surface area (Å²) in [6.07, 6.45) is 7.22. The van der Waals surface area contributed by atoms with Gasteiger partial charge in [0.25, 0.3) is 5.91 Å². The number of halogens is 2. The minimum Gasteiger partial charge on any atom is -0.368 e. The third-order valence-electron chi connectivity index (χ3n) is 12.3. The van der Waals surface area contributed by atoms with Crippen molar-refractivity contribution in [3.8, 4) is 0 Å². The molecule has 1 unspecified atom stereocenters. The highest BCUT2D eigenvalue weighted by Crippen LogP contribution is 2.43. The van der Waals surface area contributed by atoms with Crippen LogP contribution >= 0.6 is 0 Å². The van der Waals surface area contributed by atoms with Crippen molar-refractivity contribution in [3.63, 3.8) is 0 Å². The summed E-state index contributed by atoms with van der Waals surface area (Å²) in [6.45, 7) is 9.02. The Morgan fingerprint density at radius 1 is 1.02 bits per heavy atom. The van der Waals surface area contributed by atoms with Gasteiger partial charge in [-0.3, -0.25) is 14.4 Å². The fourth-order valence-electron chi connectivity index (χ4n) is 9.16. The van der Waals surface area contributed by atoms with E-state index in [0.29, 0.717) is 63.3 Å². The zero-order valence-electron chi connectivity index (χ0n) is 30.3. The molecule has 0 spiro atoms. The monoisotopic (exact) mass is 709 g/mol. The molecule has 4 saturated heterocycles. The molecule has 0 aromatic heterocycles. The molecule has 0 radical (unpaired) electrons. The SMILES string of the molecule is CN1CCN(C(=O)[C@@H]2C[C@H](N(C(=O)[C@@H]3CCCO3)C3CCC(C)(C)CC3)CN2C(=O)C2(C3=NNCC=C3c3ccc(F)cc3F)CCNC2)CC1. The number of allylic oxidation sites excluding steroid dienone is 1. The third kappa shape index (κ3) is 7.05. The van der Waals surface area contributed by atoms with E-state index in [0.717, 1.165) is 51.3 Å². The average molecular weight is 710 g/mol. The summed E-state index contributed by atoms with van der Waals surface area (Å²) >= 11 is 0. The lowest BCUT2D eigenvalue weighted by Gasteiger charge is -2.43. The number of carbonyl (C=O) groups excluding carboxylic acids is 3. The lowest BCUT2D eigenvalue weighted by molar-refractivity contribution is -0.149. The van der Waals surface area contributed by atoms with Crippen LogP contribution in [-0.4, -0.2) is 133 Å². The maximum Gasteiger partial charge on any atom is 0.252 e. The number of nitrogens with zero attached hydrogens (tertiary/aromatic N) is 5. The summed E-state index contributed by atoms with van der Waals surface area (Å²) < 4.78 is 35.3. The number of rotatable bonds is 7. The summed E-state index contributed by atoms with van der Waals surface area (Å²) in [6, 6.07) is 2.32. The van der Waals surface area contributed by atoms with Crippen LogP contribution in [0.3, 0.4) is 0 Å². The fraction of sp³-hybridized carbons (Fsp3) is 0.684. The molecule has 1 aromatic carbocycles. The predicted octanol–water partition coefficient (Wildman–Crippen LogP) is 3.01. The zero-order chi connectivity index (χ0) is 35.9. The van der Waals surface area contributed by atoms with Gasteiger partial charge in [-0.05, 0) is 82.5 Å². The molecule has 5 fully saturated rings. The quantitative estimate of drug-likeness (QED) is 0.449. The van der Waals surface area contributed by atoms with E-state index in [1.807, 2.05) is 16.8 Å². The molecule has 0 bridgehead atoms. The molecule has 1 saturated carbocycles. The van der Waals surface area contributed by atoms with E-state index in [-0.39, 0.29) is 53.9 Å². The Morgan fingerprint density at radius 2 is 1.78 bits per heavy atom. The highest BCUT2D eigenvalue weighted by Gasteiger charge is 2.56.